The fourth-order valence-corrected chi connectivity index (χ4v) is 4.00. The lowest BCUT2D eigenvalue weighted by Crippen LogP contribution is -2.54. The van der Waals surface area contributed by atoms with Gasteiger partial charge in [0.1, 0.15) is 5.57 Å². The first-order chi connectivity index (χ1) is 14.6. The first-order valence-electron chi connectivity index (χ1n) is 8.59. The van der Waals surface area contributed by atoms with Crippen LogP contribution in [0.3, 0.4) is 0 Å². The molecule has 0 bridgehead atoms. The van der Waals surface area contributed by atoms with E-state index in [1.54, 1.807) is 25.1 Å². The summed E-state index contributed by atoms with van der Waals surface area (Å²) in [7, 11) is 0. The first kappa shape index (κ1) is 23.0. The van der Waals surface area contributed by atoms with Gasteiger partial charge in [-0.15, -0.1) is 0 Å². The Labute approximate surface area is 198 Å². The van der Waals surface area contributed by atoms with E-state index in [0.717, 1.165) is 14.9 Å². The molecule has 0 saturated carbocycles. The highest BCUT2D eigenvalue weighted by atomic mass is 79.9. The quantitative estimate of drug-likeness (QED) is 0.408. The lowest BCUT2D eigenvalue weighted by atomic mass is 10.1. The van der Waals surface area contributed by atoms with Crippen molar-refractivity contribution >= 4 is 79.0 Å². The standard InChI is InChI=1S/C20H13Br2ClN2O6/c1-9-4-11(2-3-13(9)21)25-19(29)12(18(28)24-20(25)30)5-10-6-14(22)17(15(23)7-10)31-8-16(26)27/h2-7H,8H2,1H3,(H,26,27)(H,24,28,30)/b12-5+. The number of benzene rings is 2. The number of anilines is 1. The lowest BCUT2D eigenvalue weighted by Gasteiger charge is -2.26. The number of hydrogen-bond donors (Lipinski definition) is 2. The van der Waals surface area contributed by atoms with Crippen molar-refractivity contribution in [3.63, 3.8) is 0 Å². The number of amides is 4. The second-order valence-electron chi connectivity index (χ2n) is 6.39. The maximum Gasteiger partial charge on any atom is 0.341 e. The SMILES string of the molecule is Cc1cc(N2C(=O)NC(=O)/C(=C\c3cc(Cl)c(OCC(=O)O)c(Br)c3)C2=O)ccc1Br. The van der Waals surface area contributed by atoms with E-state index in [-0.39, 0.29) is 16.3 Å². The minimum absolute atomic E-state index is 0.0719. The molecule has 160 valence electrons. The third-order valence-corrected chi connectivity index (χ3v) is 5.93. The molecular formula is C20H13Br2ClN2O6. The fraction of sp³-hybridized carbons (Fsp3) is 0.100. The van der Waals surface area contributed by atoms with Crippen LogP contribution in [0.25, 0.3) is 6.08 Å². The maximum atomic E-state index is 13.0. The molecule has 3 rings (SSSR count). The average molecular weight is 573 g/mol. The molecule has 2 aromatic carbocycles. The number of urea groups is 1. The summed E-state index contributed by atoms with van der Waals surface area (Å²) < 4.78 is 6.25. The Morgan fingerprint density at radius 2 is 1.90 bits per heavy atom. The van der Waals surface area contributed by atoms with Crippen LogP contribution in [0.2, 0.25) is 5.02 Å². The maximum absolute atomic E-state index is 13.0. The number of halogens is 3. The van der Waals surface area contributed by atoms with Crippen LogP contribution in [0.1, 0.15) is 11.1 Å². The summed E-state index contributed by atoms with van der Waals surface area (Å²) in [5.41, 5.74) is 1.19. The van der Waals surface area contributed by atoms with Crippen molar-refractivity contribution in [1.82, 2.24) is 5.32 Å². The van der Waals surface area contributed by atoms with Gasteiger partial charge in [0.2, 0.25) is 0 Å². The molecule has 4 amide bonds. The molecule has 1 aliphatic rings. The fourth-order valence-electron chi connectivity index (χ4n) is 2.76. The Bertz CT molecular complexity index is 1140. The predicted octanol–water partition coefficient (Wildman–Crippen LogP) is 4.30. The first-order valence-corrected chi connectivity index (χ1v) is 10.6. The second kappa shape index (κ2) is 9.21. The number of ether oxygens (including phenoxy) is 1. The largest absolute Gasteiger partial charge is 0.479 e. The number of nitrogens with zero attached hydrogens (tertiary/aromatic N) is 1. The lowest BCUT2D eigenvalue weighted by molar-refractivity contribution is -0.139. The zero-order valence-electron chi connectivity index (χ0n) is 15.7. The van der Waals surface area contributed by atoms with E-state index >= 15 is 0 Å². The Balaban J connectivity index is 1.98. The molecule has 8 nitrogen and oxygen atoms in total. The zero-order chi connectivity index (χ0) is 22.9. The third kappa shape index (κ3) is 4.97. The van der Waals surface area contributed by atoms with E-state index in [9.17, 15) is 19.2 Å². The zero-order valence-corrected chi connectivity index (χ0v) is 19.7. The number of carbonyl (C=O) groups is 4. The van der Waals surface area contributed by atoms with Crippen LogP contribution in [0.15, 0.2) is 44.9 Å². The van der Waals surface area contributed by atoms with Gasteiger partial charge in [0.25, 0.3) is 11.8 Å². The number of aryl methyl sites for hydroxylation is 1. The van der Waals surface area contributed by atoms with Gasteiger partial charge in [-0.1, -0.05) is 27.5 Å². The summed E-state index contributed by atoms with van der Waals surface area (Å²) in [6.45, 7) is 1.21. The minimum Gasteiger partial charge on any atom is -0.479 e. The van der Waals surface area contributed by atoms with Crippen molar-refractivity contribution in [3.8, 4) is 5.75 Å². The molecule has 0 spiro atoms. The Kier molecular flexibility index (Phi) is 6.83. The van der Waals surface area contributed by atoms with Crippen molar-refractivity contribution in [2.24, 2.45) is 0 Å². The number of hydrogen-bond acceptors (Lipinski definition) is 5. The molecule has 1 aliphatic heterocycles. The van der Waals surface area contributed by atoms with Crippen LogP contribution in [0.4, 0.5) is 10.5 Å². The van der Waals surface area contributed by atoms with Crippen molar-refractivity contribution in [1.29, 1.82) is 0 Å². The summed E-state index contributed by atoms with van der Waals surface area (Å²) in [6, 6.07) is 6.95. The summed E-state index contributed by atoms with van der Waals surface area (Å²) in [5, 5.41) is 11.0. The highest BCUT2D eigenvalue weighted by molar-refractivity contribution is 9.10. The number of imide groups is 2. The van der Waals surface area contributed by atoms with Crippen LogP contribution >= 0.6 is 43.5 Å². The van der Waals surface area contributed by atoms with E-state index < -0.39 is 30.4 Å². The highest BCUT2D eigenvalue weighted by Crippen LogP contribution is 2.35. The number of rotatable bonds is 5. The molecule has 2 aromatic rings. The van der Waals surface area contributed by atoms with Crippen LogP contribution in [0, 0.1) is 6.92 Å². The van der Waals surface area contributed by atoms with Crippen LogP contribution in [-0.4, -0.2) is 35.5 Å². The van der Waals surface area contributed by atoms with Gasteiger partial charge in [-0.2, -0.15) is 0 Å². The molecule has 11 heteroatoms. The molecule has 2 N–H and O–H groups in total. The smallest absolute Gasteiger partial charge is 0.341 e. The van der Waals surface area contributed by atoms with Gasteiger partial charge < -0.3 is 9.84 Å². The molecule has 0 radical (unpaired) electrons. The van der Waals surface area contributed by atoms with Crippen LogP contribution in [0.5, 0.6) is 5.75 Å². The highest BCUT2D eigenvalue weighted by Gasteiger charge is 2.37. The minimum atomic E-state index is -1.17. The van der Waals surface area contributed by atoms with Gasteiger partial charge in [-0.25, -0.2) is 14.5 Å². The van der Waals surface area contributed by atoms with Gasteiger partial charge in [-0.05, 0) is 70.4 Å². The Hall–Kier alpha value is -2.69. The second-order valence-corrected chi connectivity index (χ2v) is 8.50. The Morgan fingerprint density at radius 1 is 1.19 bits per heavy atom. The normalized spacial score (nSPS) is 15.3. The third-order valence-electron chi connectivity index (χ3n) is 4.17. The van der Waals surface area contributed by atoms with Crippen molar-refractivity contribution in [3.05, 3.63) is 61.0 Å². The molecule has 0 aromatic heterocycles. The number of carboxylic acid groups (broad SMARTS) is 1. The molecule has 1 saturated heterocycles. The van der Waals surface area contributed by atoms with Crippen molar-refractivity contribution in [2.45, 2.75) is 6.92 Å². The molecule has 0 unspecified atom stereocenters. The molecule has 31 heavy (non-hydrogen) atoms. The number of carboxylic acids is 1. The summed E-state index contributed by atoms with van der Waals surface area (Å²) in [6.07, 6.45) is 1.28. The van der Waals surface area contributed by atoms with Crippen LogP contribution in [-0.2, 0) is 14.4 Å². The van der Waals surface area contributed by atoms with Gasteiger partial charge in [0.15, 0.2) is 12.4 Å². The van der Waals surface area contributed by atoms with E-state index in [2.05, 4.69) is 37.2 Å². The number of barbiturate groups is 1. The number of carbonyl (C=O) groups excluding carboxylic acids is 3. The molecule has 0 aliphatic carbocycles. The van der Waals surface area contributed by atoms with Crippen molar-refractivity contribution < 1.29 is 29.0 Å². The van der Waals surface area contributed by atoms with E-state index in [0.29, 0.717) is 15.7 Å². The van der Waals surface area contributed by atoms with E-state index in [4.69, 9.17) is 21.4 Å². The molecular weight excluding hydrogens is 559 g/mol. The predicted molar refractivity (Wildman–Crippen MR) is 120 cm³/mol. The van der Waals surface area contributed by atoms with E-state index in [1.165, 1.54) is 18.2 Å². The topological polar surface area (TPSA) is 113 Å². The van der Waals surface area contributed by atoms with Crippen molar-refractivity contribution in [2.75, 3.05) is 11.5 Å². The average Bonchev–Trinajstić information content (AvgIpc) is 2.67. The summed E-state index contributed by atoms with van der Waals surface area (Å²) >= 11 is 12.7. The molecule has 1 fully saturated rings. The van der Waals surface area contributed by atoms with Gasteiger partial charge in [0, 0.05) is 4.47 Å². The monoisotopic (exact) mass is 570 g/mol. The van der Waals surface area contributed by atoms with Gasteiger partial charge in [0.05, 0.1) is 15.2 Å². The summed E-state index contributed by atoms with van der Waals surface area (Å²) in [4.78, 5) is 49.2. The van der Waals surface area contributed by atoms with Gasteiger partial charge >= 0.3 is 12.0 Å². The van der Waals surface area contributed by atoms with Crippen LogP contribution < -0.4 is 15.0 Å². The van der Waals surface area contributed by atoms with Gasteiger partial charge in [-0.3, -0.25) is 14.9 Å². The number of aliphatic carboxylic acids is 1. The summed E-state index contributed by atoms with van der Waals surface area (Å²) in [5.74, 6) is -2.72. The van der Waals surface area contributed by atoms with E-state index in [1.807, 2.05) is 0 Å². The molecule has 0 atom stereocenters. The molecule has 1 heterocycles. The number of nitrogens with one attached hydrogen (secondary N) is 1. The Morgan fingerprint density at radius 3 is 2.52 bits per heavy atom.